The Bertz CT molecular complexity index is 246. The van der Waals surface area contributed by atoms with Gasteiger partial charge in [0.2, 0.25) is 0 Å². The van der Waals surface area contributed by atoms with Crippen molar-refractivity contribution in [1.29, 1.82) is 5.41 Å². The standard InChI is InChI=1S/C9H14N2O2/c1-6(2)13-9(12)8-4-3-7(5-10)11-8/h5-6,8,10H,3-4H2,1-2H3. The van der Waals surface area contributed by atoms with Crippen LogP contribution in [0.15, 0.2) is 4.99 Å². The number of rotatable bonds is 3. The van der Waals surface area contributed by atoms with Crippen LogP contribution in [0.1, 0.15) is 26.7 Å². The van der Waals surface area contributed by atoms with Crippen molar-refractivity contribution in [1.82, 2.24) is 0 Å². The molecule has 0 aliphatic carbocycles. The lowest BCUT2D eigenvalue weighted by atomic mass is 10.2. The SMILES string of the molecule is CC(C)OC(=O)C1CCC(C=N)=N1. The molecule has 1 atom stereocenters. The van der Waals surface area contributed by atoms with Crippen LogP contribution in [0.3, 0.4) is 0 Å². The van der Waals surface area contributed by atoms with E-state index in [-0.39, 0.29) is 18.1 Å². The molecule has 1 unspecified atom stereocenters. The molecule has 1 aliphatic rings. The maximum atomic E-state index is 11.3. The molecule has 0 aromatic heterocycles. The summed E-state index contributed by atoms with van der Waals surface area (Å²) in [5.74, 6) is -0.271. The summed E-state index contributed by atoms with van der Waals surface area (Å²) in [6.45, 7) is 3.63. The normalized spacial score (nSPS) is 21.5. The Morgan fingerprint density at radius 1 is 1.77 bits per heavy atom. The quantitative estimate of drug-likeness (QED) is 0.526. The van der Waals surface area contributed by atoms with Crippen molar-refractivity contribution in [2.45, 2.75) is 38.8 Å². The second-order valence-corrected chi connectivity index (χ2v) is 3.30. The van der Waals surface area contributed by atoms with E-state index in [1.807, 2.05) is 13.8 Å². The summed E-state index contributed by atoms with van der Waals surface area (Å²) >= 11 is 0. The van der Waals surface area contributed by atoms with E-state index in [1.165, 1.54) is 6.21 Å². The molecule has 72 valence electrons. The molecule has 1 rings (SSSR count). The van der Waals surface area contributed by atoms with Gasteiger partial charge in [0.05, 0.1) is 11.8 Å². The molecule has 0 aromatic rings. The number of nitrogens with one attached hydrogen (secondary N) is 1. The molecule has 13 heavy (non-hydrogen) atoms. The molecule has 0 amide bonds. The molecule has 0 radical (unpaired) electrons. The van der Waals surface area contributed by atoms with E-state index in [1.54, 1.807) is 0 Å². The Hall–Kier alpha value is -1.19. The van der Waals surface area contributed by atoms with Crippen molar-refractivity contribution < 1.29 is 9.53 Å². The van der Waals surface area contributed by atoms with Gasteiger partial charge in [0.15, 0.2) is 0 Å². The van der Waals surface area contributed by atoms with Gasteiger partial charge in [-0.25, -0.2) is 4.79 Å². The predicted molar refractivity (Wildman–Crippen MR) is 50.5 cm³/mol. The van der Waals surface area contributed by atoms with Gasteiger partial charge in [-0.2, -0.15) is 0 Å². The van der Waals surface area contributed by atoms with E-state index in [0.29, 0.717) is 18.6 Å². The molecular weight excluding hydrogens is 168 g/mol. The molecule has 0 fully saturated rings. The average molecular weight is 182 g/mol. The highest BCUT2D eigenvalue weighted by Gasteiger charge is 2.25. The Kier molecular flexibility index (Phi) is 3.17. The van der Waals surface area contributed by atoms with Crippen molar-refractivity contribution in [2.24, 2.45) is 4.99 Å². The average Bonchev–Trinajstić information content (AvgIpc) is 2.50. The van der Waals surface area contributed by atoms with Crippen molar-refractivity contribution in [3.05, 3.63) is 0 Å². The third-order valence-corrected chi connectivity index (χ3v) is 1.79. The number of aliphatic imine (C=N–C) groups is 1. The van der Waals surface area contributed by atoms with Crippen LogP contribution in [0.2, 0.25) is 0 Å². The van der Waals surface area contributed by atoms with Gasteiger partial charge in [-0.15, -0.1) is 0 Å². The summed E-state index contributed by atoms with van der Waals surface area (Å²) in [5, 5.41) is 6.96. The highest BCUT2D eigenvalue weighted by Crippen LogP contribution is 2.14. The van der Waals surface area contributed by atoms with Gasteiger partial charge in [-0.1, -0.05) is 0 Å². The lowest BCUT2D eigenvalue weighted by molar-refractivity contribution is -0.148. The molecule has 4 nitrogen and oxygen atoms in total. The smallest absolute Gasteiger partial charge is 0.331 e. The first kappa shape index (κ1) is 9.89. The van der Waals surface area contributed by atoms with Gasteiger partial charge < -0.3 is 10.1 Å². The van der Waals surface area contributed by atoms with Gasteiger partial charge in [0.1, 0.15) is 6.04 Å². The number of hydrogen-bond acceptors (Lipinski definition) is 4. The maximum absolute atomic E-state index is 11.3. The lowest BCUT2D eigenvalue weighted by Crippen LogP contribution is -2.22. The first-order valence-corrected chi connectivity index (χ1v) is 4.41. The maximum Gasteiger partial charge on any atom is 0.331 e. The fourth-order valence-corrected chi connectivity index (χ4v) is 1.20. The summed E-state index contributed by atoms with van der Waals surface area (Å²) in [5.41, 5.74) is 0.686. The Morgan fingerprint density at radius 3 is 2.92 bits per heavy atom. The van der Waals surface area contributed by atoms with Gasteiger partial charge in [0.25, 0.3) is 0 Å². The molecule has 4 heteroatoms. The van der Waals surface area contributed by atoms with Gasteiger partial charge >= 0.3 is 5.97 Å². The minimum Gasteiger partial charge on any atom is -0.461 e. The molecular formula is C9H14N2O2. The second kappa shape index (κ2) is 4.16. The Morgan fingerprint density at radius 2 is 2.46 bits per heavy atom. The van der Waals surface area contributed by atoms with E-state index in [0.717, 1.165) is 0 Å². The predicted octanol–water partition coefficient (Wildman–Crippen LogP) is 1.19. The van der Waals surface area contributed by atoms with E-state index in [4.69, 9.17) is 10.1 Å². The molecule has 0 aromatic carbocycles. The summed E-state index contributed by atoms with van der Waals surface area (Å²) in [6.07, 6.45) is 2.49. The number of nitrogens with zero attached hydrogens (tertiary/aromatic N) is 1. The number of carbonyl (C=O) groups is 1. The summed E-state index contributed by atoms with van der Waals surface area (Å²) < 4.78 is 5.01. The van der Waals surface area contributed by atoms with Crippen molar-refractivity contribution in [3.8, 4) is 0 Å². The van der Waals surface area contributed by atoms with Crippen LogP contribution in [0.25, 0.3) is 0 Å². The number of esters is 1. The van der Waals surface area contributed by atoms with Crippen LogP contribution in [0.5, 0.6) is 0 Å². The van der Waals surface area contributed by atoms with Gasteiger partial charge in [-0.3, -0.25) is 4.99 Å². The second-order valence-electron chi connectivity index (χ2n) is 3.30. The molecule has 1 N–H and O–H groups in total. The Labute approximate surface area is 77.5 Å². The molecule has 0 saturated carbocycles. The van der Waals surface area contributed by atoms with Crippen molar-refractivity contribution >= 4 is 17.9 Å². The first-order chi connectivity index (χ1) is 6.13. The van der Waals surface area contributed by atoms with Gasteiger partial charge in [-0.05, 0) is 26.7 Å². The minimum atomic E-state index is -0.376. The number of hydrogen-bond donors (Lipinski definition) is 1. The number of ether oxygens (including phenoxy) is 1. The lowest BCUT2D eigenvalue weighted by Gasteiger charge is -2.10. The zero-order valence-electron chi connectivity index (χ0n) is 7.91. The van der Waals surface area contributed by atoms with Crippen molar-refractivity contribution in [3.63, 3.8) is 0 Å². The Balaban J connectivity index is 2.50. The topological polar surface area (TPSA) is 62.5 Å². The summed E-state index contributed by atoms with van der Waals surface area (Å²) in [6, 6.07) is -0.376. The third-order valence-electron chi connectivity index (χ3n) is 1.79. The van der Waals surface area contributed by atoms with Crippen LogP contribution >= 0.6 is 0 Å². The van der Waals surface area contributed by atoms with Crippen LogP contribution in [-0.4, -0.2) is 30.0 Å². The summed E-state index contributed by atoms with van der Waals surface area (Å²) in [7, 11) is 0. The number of carbonyl (C=O) groups excluding carboxylic acids is 1. The van der Waals surface area contributed by atoms with E-state index in [2.05, 4.69) is 4.99 Å². The van der Waals surface area contributed by atoms with Gasteiger partial charge in [0, 0.05) is 6.21 Å². The molecule has 0 bridgehead atoms. The largest absolute Gasteiger partial charge is 0.461 e. The minimum absolute atomic E-state index is 0.0910. The summed E-state index contributed by atoms with van der Waals surface area (Å²) in [4.78, 5) is 15.4. The fourth-order valence-electron chi connectivity index (χ4n) is 1.20. The molecule has 1 aliphatic heterocycles. The van der Waals surface area contributed by atoms with Crippen molar-refractivity contribution in [2.75, 3.05) is 0 Å². The van der Waals surface area contributed by atoms with Crippen LogP contribution in [0.4, 0.5) is 0 Å². The van der Waals surface area contributed by atoms with Crippen LogP contribution in [-0.2, 0) is 9.53 Å². The van der Waals surface area contributed by atoms with E-state index in [9.17, 15) is 4.79 Å². The van der Waals surface area contributed by atoms with E-state index < -0.39 is 0 Å². The highest BCUT2D eigenvalue weighted by atomic mass is 16.5. The monoisotopic (exact) mass is 182 g/mol. The molecule has 1 heterocycles. The van der Waals surface area contributed by atoms with Crippen LogP contribution in [0, 0.1) is 5.41 Å². The zero-order valence-corrected chi connectivity index (χ0v) is 7.91. The molecule has 0 saturated heterocycles. The molecule has 0 spiro atoms. The third kappa shape index (κ3) is 2.65. The fraction of sp³-hybridized carbons (Fsp3) is 0.667. The first-order valence-electron chi connectivity index (χ1n) is 4.41. The van der Waals surface area contributed by atoms with Crippen LogP contribution < -0.4 is 0 Å². The highest BCUT2D eigenvalue weighted by molar-refractivity contribution is 6.30. The zero-order chi connectivity index (χ0) is 9.84. The van der Waals surface area contributed by atoms with E-state index >= 15 is 0 Å².